The summed E-state index contributed by atoms with van der Waals surface area (Å²) in [5.41, 5.74) is 0.975. The number of oxime groups is 1. The van der Waals surface area contributed by atoms with Crippen molar-refractivity contribution in [3.8, 4) is 0 Å². The SMILES string of the molecule is CON=CCc1ccc(S(=O)(=O)N(C)C)cc1. The molecular weight excluding hydrogens is 240 g/mol. The molecule has 94 valence electrons. The highest BCUT2D eigenvalue weighted by Gasteiger charge is 2.16. The molecule has 0 N–H and O–H groups in total. The van der Waals surface area contributed by atoms with Gasteiger partial charge in [-0.3, -0.25) is 0 Å². The Balaban J connectivity index is 2.85. The largest absolute Gasteiger partial charge is 0.399 e. The predicted octanol–water partition coefficient (Wildman–Crippen LogP) is 1.11. The maximum atomic E-state index is 11.8. The normalized spacial score (nSPS) is 12.2. The van der Waals surface area contributed by atoms with Crippen LogP contribution in [-0.4, -0.2) is 40.1 Å². The van der Waals surface area contributed by atoms with E-state index in [1.165, 1.54) is 25.5 Å². The Bertz CT molecular complexity index is 478. The Morgan fingerprint density at radius 1 is 1.29 bits per heavy atom. The predicted molar refractivity (Wildman–Crippen MR) is 66.5 cm³/mol. The fraction of sp³-hybridized carbons (Fsp3) is 0.364. The molecule has 0 radical (unpaired) electrons. The summed E-state index contributed by atoms with van der Waals surface area (Å²) in [7, 11) is 1.15. The molecule has 0 saturated carbocycles. The van der Waals surface area contributed by atoms with E-state index >= 15 is 0 Å². The Labute approximate surface area is 102 Å². The number of hydrogen-bond acceptors (Lipinski definition) is 4. The first kappa shape index (κ1) is 13.7. The summed E-state index contributed by atoms with van der Waals surface area (Å²) >= 11 is 0. The molecule has 1 aromatic rings. The lowest BCUT2D eigenvalue weighted by atomic mass is 10.2. The van der Waals surface area contributed by atoms with Gasteiger partial charge in [0.05, 0.1) is 4.90 Å². The van der Waals surface area contributed by atoms with Gasteiger partial charge in [-0.2, -0.15) is 0 Å². The molecule has 0 saturated heterocycles. The maximum Gasteiger partial charge on any atom is 0.242 e. The van der Waals surface area contributed by atoms with Crippen molar-refractivity contribution in [3.05, 3.63) is 29.8 Å². The van der Waals surface area contributed by atoms with E-state index in [4.69, 9.17) is 0 Å². The summed E-state index contributed by atoms with van der Waals surface area (Å²) in [6.07, 6.45) is 2.23. The summed E-state index contributed by atoms with van der Waals surface area (Å²) < 4.78 is 24.8. The molecular formula is C11H16N2O3S. The minimum absolute atomic E-state index is 0.287. The van der Waals surface area contributed by atoms with Gasteiger partial charge in [0.25, 0.3) is 0 Å². The average molecular weight is 256 g/mol. The second kappa shape index (κ2) is 5.79. The van der Waals surface area contributed by atoms with Gasteiger partial charge in [-0.1, -0.05) is 17.3 Å². The standard InChI is InChI=1S/C11H16N2O3S/c1-13(2)17(14,15)11-6-4-10(5-7-11)8-9-12-16-3/h4-7,9H,8H2,1-3H3. The Kier molecular flexibility index (Phi) is 4.65. The summed E-state index contributed by atoms with van der Waals surface area (Å²) in [5.74, 6) is 0. The van der Waals surface area contributed by atoms with Gasteiger partial charge in [-0.25, -0.2) is 12.7 Å². The zero-order valence-corrected chi connectivity index (χ0v) is 10.9. The van der Waals surface area contributed by atoms with Crippen LogP contribution in [0.25, 0.3) is 0 Å². The lowest BCUT2D eigenvalue weighted by Gasteiger charge is -2.11. The van der Waals surface area contributed by atoms with Gasteiger partial charge in [-0.05, 0) is 17.7 Å². The first-order valence-corrected chi connectivity index (χ1v) is 6.49. The van der Waals surface area contributed by atoms with E-state index in [9.17, 15) is 8.42 Å². The van der Waals surface area contributed by atoms with E-state index in [1.54, 1.807) is 30.5 Å². The van der Waals surface area contributed by atoms with E-state index in [0.29, 0.717) is 6.42 Å². The highest BCUT2D eigenvalue weighted by molar-refractivity contribution is 7.89. The molecule has 0 atom stereocenters. The number of hydrogen-bond donors (Lipinski definition) is 0. The summed E-state index contributed by atoms with van der Waals surface area (Å²) in [5, 5.41) is 3.62. The number of rotatable bonds is 5. The molecule has 17 heavy (non-hydrogen) atoms. The quantitative estimate of drug-likeness (QED) is 0.586. The van der Waals surface area contributed by atoms with Crippen LogP contribution >= 0.6 is 0 Å². The number of benzene rings is 1. The van der Waals surface area contributed by atoms with Crippen molar-refractivity contribution in [2.24, 2.45) is 5.16 Å². The Hall–Kier alpha value is -1.40. The maximum absolute atomic E-state index is 11.8. The molecule has 1 rings (SSSR count). The second-order valence-electron chi connectivity index (χ2n) is 3.61. The number of nitrogens with zero attached hydrogens (tertiary/aromatic N) is 2. The first-order valence-electron chi connectivity index (χ1n) is 5.05. The fourth-order valence-electron chi connectivity index (χ4n) is 1.23. The van der Waals surface area contributed by atoms with Crippen LogP contribution in [0.1, 0.15) is 5.56 Å². The highest BCUT2D eigenvalue weighted by Crippen LogP contribution is 2.13. The third-order valence-corrected chi connectivity index (χ3v) is 4.04. The molecule has 0 amide bonds. The molecule has 0 fully saturated rings. The molecule has 1 aromatic carbocycles. The van der Waals surface area contributed by atoms with Crippen molar-refractivity contribution in [2.45, 2.75) is 11.3 Å². The van der Waals surface area contributed by atoms with Crippen LogP contribution < -0.4 is 0 Å². The number of sulfonamides is 1. The van der Waals surface area contributed by atoms with E-state index in [0.717, 1.165) is 5.56 Å². The van der Waals surface area contributed by atoms with Crippen LogP contribution in [0, 0.1) is 0 Å². The van der Waals surface area contributed by atoms with E-state index in [2.05, 4.69) is 9.99 Å². The van der Waals surface area contributed by atoms with Crippen molar-refractivity contribution in [2.75, 3.05) is 21.2 Å². The smallest absolute Gasteiger partial charge is 0.242 e. The van der Waals surface area contributed by atoms with Crippen LogP contribution in [0.3, 0.4) is 0 Å². The highest BCUT2D eigenvalue weighted by atomic mass is 32.2. The summed E-state index contributed by atoms with van der Waals surface area (Å²) in [6, 6.07) is 6.70. The van der Waals surface area contributed by atoms with Crippen LogP contribution in [0.2, 0.25) is 0 Å². The average Bonchev–Trinajstić information content (AvgIpc) is 2.30. The zero-order valence-electron chi connectivity index (χ0n) is 10.1. The molecule has 0 heterocycles. The molecule has 5 nitrogen and oxygen atoms in total. The van der Waals surface area contributed by atoms with Crippen LogP contribution in [0.15, 0.2) is 34.3 Å². The lowest BCUT2D eigenvalue weighted by molar-refractivity contribution is 0.215. The third-order valence-electron chi connectivity index (χ3n) is 2.21. The van der Waals surface area contributed by atoms with Gasteiger partial charge in [0.15, 0.2) is 0 Å². The molecule has 0 unspecified atom stereocenters. The van der Waals surface area contributed by atoms with Crippen molar-refractivity contribution < 1.29 is 13.3 Å². The summed E-state index contributed by atoms with van der Waals surface area (Å²) in [6.45, 7) is 0. The summed E-state index contributed by atoms with van der Waals surface area (Å²) in [4.78, 5) is 4.83. The van der Waals surface area contributed by atoms with Gasteiger partial charge < -0.3 is 4.84 Å². The fourth-order valence-corrected chi connectivity index (χ4v) is 2.13. The Morgan fingerprint density at radius 2 is 1.88 bits per heavy atom. The molecule has 0 aliphatic rings. The van der Waals surface area contributed by atoms with Gasteiger partial charge in [-0.15, -0.1) is 0 Å². The van der Waals surface area contributed by atoms with Crippen molar-refractivity contribution >= 4 is 16.2 Å². The molecule has 6 heteroatoms. The van der Waals surface area contributed by atoms with Gasteiger partial charge in [0.2, 0.25) is 10.0 Å². The van der Waals surface area contributed by atoms with E-state index in [1.807, 2.05) is 0 Å². The first-order chi connectivity index (χ1) is 7.98. The lowest BCUT2D eigenvalue weighted by Crippen LogP contribution is -2.22. The minimum Gasteiger partial charge on any atom is -0.399 e. The molecule has 0 aliphatic carbocycles. The third kappa shape index (κ3) is 3.54. The van der Waals surface area contributed by atoms with Crippen LogP contribution in [-0.2, 0) is 21.3 Å². The second-order valence-corrected chi connectivity index (χ2v) is 5.76. The zero-order chi connectivity index (χ0) is 12.9. The van der Waals surface area contributed by atoms with E-state index in [-0.39, 0.29) is 4.90 Å². The van der Waals surface area contributed by atoms with Gasteiger partial charge >= 0.3 is 0 Å². The molecule has 0 aromatic heterocycles. The van der Waals surface area contributed by atoms with Crippen LogP contribution in [0.5, 0.6) is 0 Å². The minimum atomic E-state index is -3.34. The molecule has 0 bridgehead atoms. The van der Waals surface area contributed by atoms with Crippen LogP contribution in [0.4, 0.5) is 0 Å². The molecule has 0 spiro atoms. The van der Waals surface area contributed by atoms with Crippen molar-refractivity contribution in [1.82, 2.24) is 4.31 Å². The van der Waals surface area contributed by atoms with Gasteiger partial charge in [0.1, 0.15) is 7.11 Å². The van der Waals surface area contributed by atoms with E-state index < -0.39 is 10.0 Å². The topological polar surface area (TPSA) is 59.0 Å². The Morgan fingerprint density at radius 3 is 2.35 bits per heavy atom. The molecule has 0 aliphatic heterocycles. The van der Waals surface area contributed by atoms with Crippen molar-refractivity contribution in [3.63, 3.8) is 0 Å². The van der Waals surface area contributed by atoms with Gasteiger partial charge in [0, 0.05) is 26.7 Å². The monoisotopic (exact) mass is 256 g/mol. The van der Waals surface area contributed by atoms with Crippen molar-refractivity contribution in [1.29, 1.82) is 0 Å².